The molecule has 2 heteroatoms. The van der Waals surface area contributed by atoms with E-state index in [2.05, 4.69) is 19.2 Å². The average molecular weight is 229 g/mol. The minimum atomic E-state index is -0.437. The van der Waals surface area contributed by atoms with Crippen molar-refractivity contribution >= 4 is 0 Å². The zero-order valence-corrected chi connectivity index (χ0v) is 10.2. The molecule has 88 valence electrons. The Bertz CT molecular complexity index is 431. The second-order valence-corrected chi connectivity index (χ2v) is 3.60. The van der Waals surface area contributed by atoms with E-state index in [-0.39, 0.29) is 0 Å². The summed E-state index contributed by atoms with van der Waals surface area (Å²) in [5.41, 5.74) is 2.73. The molecule has 1 nitrogen and oxygen atoms in total. The molecule has 0 aromatic heterocycles. The fraction of sp³-hybridized carbons (Fsp3) is 0.133. The van der Waals surface area contributed by atoms with Crippen LogP contribution in [-0.2, 0) is 0 Å². The average Bonchev–Trinajstić information content (AvgIpc) is 2.28. The van der Waals surface area contributed by atoms with Crippen LogP contribution in [0.15, 0.2) is 61.0 Å². The van der Waals surface area contributed by atoms with E-state index < -0.39 is 5.83 Å². The van der Waals surface area contributed by atoms with Gasteiger partial charge in [0.05, 0.1) is 11.6 Å². The van der Waals surface area contributed by atoms with E-state index >= 15 is 0 Å². The van der Waals surface area contributed by atoms with E-state index in [4.69, 9.17) is 5.26 Å². The van der Waals surface area contributed by atoms with Gasteiger partial charge in [-0.1, -0.05) is 42.5 Å². The van der Waals surface area contributed by atoms with Gasteiger partial charge in [-0.3, -0.25) is 0 Å². The van der Waals surface area contributed by atoms with Crippen molar-refractivity contribution in [1.82, 2.24) is 0 Å². The van der Waals surface area contributed by atoms with Crippen molar-refractivity contribution in [2.45, 2.75) is 13.8 Å². The van der Waals surface area contributed by atoms with Crippen molar-refractivity contribution < 1.29 is 4.39 Å². The van der Waals surface area contributed by atoms with Crippen molar-refractivity contribution in [2.75, 3.05) is 0 Å². The summed E-state index contributed by atoms with van der Waals surface area (Å²) >= 11 is 0. The van der Waals surface area contributed by atoms with E-state index in [0.29, 0.717) is 0 Å². The van der Waals surface area contributed by atoms with Crippen molar-refractivity contribution in [3.05, 3.63) is 72.1 Å². The highest BCUT2D eigenvalue weighted by atomic mass is 19.1. The van der Waals surface area contributed by atoms with Crippen LogP contribution in [-0.4, -0.2) is 0 Å². The van der Waals surface area contributed by atoms with Crippen molar-refractivity contribution in [1.29, 1.82) is 5.26 Å². The quantitative estimate of drug-likeness (QED) is 0.686. The van der Waals surface area contributed by atoms with E-state index in [1.54, 1.807) is 13.0 Å². The number of aryl methyl sites for hydroxylation is 1. The molecule has 0 radical (unpaired) electrons. The van der Waals surface area contributed by atoms with Crippen LogP contribution < -0.4 is 0 Å². The molecule has 0 N–H and O–H groups in total. The van der Waals surface area contributed by atoms with Gasteiger partial charge in [0.25, 0.3) is 0 Å². The maximum Gasteiger partial charge on any atom is 0.116 e. The minimum absolute atomic E-state index is 0.437. The number of hydrogen-bond acceptors (Lipinski definition) is 1. The molecule has 0 heterocycles. The topological polar surface area (TPSA) is 23.8 Å². The molecule has 0 amide bonds. The van der Waals surface area contributed by atoms with E-state index in [0.717, 1.165) is 11.1 Å². The van der Waals surface area contributed by atoms with Crippen molar-refractivity contribution in [3.63, 3.8) is 0 Å². The Balaban J connectivity index is 0.000000304. The predicted octanol–water partition coefficient (Wildman–Crippen LogP) is 4.47. The fourth-order valence-corrected chi connectivity index (χ4v) is 0.861. The van der Waals surface area contributed by atoms with Crippen LogP contribution in [0.5, 0.6) is 0 Å². The van der Waals surface area contributed by atoms with Gasteiger partial charge in [-0.25, -0.2) is 4.39 Å². The summed E-state index contributed by atoms with van der Waals surface area (Å²) in [5, 5.41) is 8.38. The van der Waals surface area contributed by atoms with Crippen LogP contribution in [0.2, 0.25) is 0 Å². The van der Waals surface area contributed by atoms with Crippen LogP contribution in [0.1, 0.15) is 18.1 Å². The Morgan fingerprint density at radius 1 is 1.24 bits per heavy atom. The minimum Gasteiger partial charge on any atom is -0.208 e. The van der Waals surface area contributed by atoms with Crippen LogP contribution in [0.4, 0.5) is 4.39 Å². The lowest BCUT2D eigenvalue weighted by Gasteiger charge is -1.88. The Morgan fingerprint density at radius 2 is 1.76 bits per heavy atom. The maximum absolute atomic E-state index is 11.7. The third-order valence-electron chi connectivity index (χ3n) is 1.73. The molecular formula is C15H16FN. The number of benzene rings is 1. The standard InChI is InChI=1S/C8H7N.C7H9F/c1-7-2-4-8(6-9)5-3-7;1-6(2)4-5-7(3)8/h2-5H,1H3;4-5H,1,3H2,2H3/b;5-4-. The second kappa shape index (κ2) is 8.06. The summed E-state index contributed by atoms with van der Waals surface area (Å²) in [6, 6.07) is 9.54. The molecule has 0 bridgehead atoms. The molecule has 1 aromatic carbocycles. The Kier molecular flexibility index (Phi) is 7.05. The molecule has 1 aromatic rings. The van der Waals surface area contributed by atoms with Crippen molar-refractivity contribution in [3.8, 4) is 6.07 Å². The lowest BCUT2D eigenvalue weighted by molar-refractivity contribution is 0.671. The molecule has 1 rings (SSSR count). The highest BCUT2D eigenvalue weighted by Crippen LogP contribution is 2.00. The zero-order valence-electron chi connectivity index (χ0n) is 10.2. The molecule has 0 aliphatic carbocycles. The molecule has 0 atom stereocenters. The highest BCUT2D eigenvalue weighted by molar-refractivity contribution is 5.30. The fourth-order valence-electron chi connectivity index (χ4n) is 0.861. The summed E-state index contributed by atoms with van der Waals surface area (Å²) < 4.78 is 11.7. The largest absolute Gasteiger partial charge is 0.208 e. The van der Waals surface area contributed by atoms with Gasteiger partial charge >= 0.3 is 0 Å². The Labute approximate surface area is 102 Å². The monoisotopic (exact) mass is 229 g/mol. The SMILES string of the molecule is C=C(C)/C=C\C(=C)F.Cc1ccc(C#N)cc1. The lowest BCUT2D eigenvalue weighted by atomic mass is 10.2. The Morgan fingerprint density at radius 3 is 2.06 bits per heavy atom. The smallest absolute Gasteiger partial charge is 0.116 e. The van der Waals surface area contributed by atoms with Crippen LogP contribution in [0, 0.1) is 18.3 Å². The number of nitriles is 1. The molecular weight excluding hydrogens is 213 g/mol. The summed E-state index contributed by atoms with van der Waals surface area (Å²) in [4.78, 5) is 0. The second-order valence-electron chi connectivity index (χ2n) is 3.60. The summed E-state index contributed by atoms with van der Waals surface area (Å²) in [5.74, 6) is -0.437. The molecule has 17 heavy (non-hydrogen) atoms. The maximum atomic E-state index is 11.7. The number of hydrogen-bond donors (Lipinski definition) is 0. The third-order valence-corrected chi connectivity index (χ3v) is 1.73. The first-order valence-electron chi connectivity index (χ1n) is 5.10. The zero-order chi connectivity index (χ0) is 13.3. The third kappa shape index (κ3) is 8.83. The predicted molar refractivity (Wildman–Crippen MR) is 70.1 cm³/mol. The normalized spacial score (nSPS) is 9.06. The first kappa shape index (κ1) is 14.9. The molecule has 0 unspecified atom stereocenters. The van der Waals surface area contributed by atoms with Gasteiger partial charge in [-0.05, 0) is 32.1 Å². The van der Waals surface area contributed by atoms with Gasteiger partial charge < -0.3 is 0 Å². The molecule has 0 saturated heterocycles. The van der Waals surface area contributed by atoms with Gasteiger partial charge in [0.2, 0.25) is 0 Å². The van der Waals surface area contributed by atoms with Crippen LogP contribution >= 0.6 is 0 Å². The Hall–Kier alpha value is -2.14. The number of rotatable bonds is 2. The summed E-state index contributed by atoms with van der Waals surface area (Å²) in [6.45, 7) is 10.4. The van der Waals surface area contributed by atoms with Crippen LogP contribution in [0.25, 0.3) is 0 Å². The highest BCUT2D eigenvalue weighted by Gasteiger charge is 1.85. The molecule has 0 spiro atoms. The first-order valence-corrected chi connectivity index (χ1v) is 5.10. The van der Waals surface area contributed by atoms with E-state index in [1.807, 2.05) is 31.2 Å². The van der Waals surface area contributed by atoms with Crippen LogP contribution in [0.3, 0.4) is 0 Å². The number of halogens is 1. The van der Waals surface area contributed by atoms with E-state index in [9.17, 15) is 4.39 Å². The molecule has 0 aliphatic rings. The lowest BCUT2D eigenvalue weighted by Crippen LogP contribution is -1.72. The van der Waals surface area contributed by atoms with Gasteiger partial charge in [0, 0.05) is 0 Å². The van der Waals surface area contributed by atoms with Gasteiger partial charge in [0.15, 0.2) is 0 Å². The van der Waals surface area contributed by atoms with E-state index in [1.165, 1.54) is 11.6 Å². The number of allylic oxidation sites excluding steroid dienone is 4. The van der Waals surface area contributed by atoms with Gasteiger partial charge in [0.1, 0.15) is 5.83 Å². The number of nitrogens with zero attached hydrogens (tertiary/aromatic N) is 1. The summed E-state index contributed by atoms with van der Waals surface area (Å²) in [7, 11) is 0. The molecule has 0 aliphatic heterocycles. The van der Waals surface area contributed by atoms with Gasteiger partial charge in [-0.15, -0.1) is 0 Å². The molecule has 0 saturated carbocycles. The molecule has 0 fully saturated rings. The van der Waals surface area contributed by atoms with Gasteiger partial charge in [-0.2, -0.15) is 5.26 Å². The summed E-state index contributed by atoms with van der Waals surface area (Å²) in [6.07, 6.45) is 2.85. The van der Waals surface area contributed by atoms with Crippen molar-refractivity contribution in [2.24, 2.45) is 0 Å². The first-order chi connectivity index (χ1) is 7.95.